The molecule has 0 aliphatic carbocycles. The Morgan fingerprint density at radius 3 is 2.65 bits per heavy atom. The minimum Gasteiger partial charge on any atom is -0.311 e. The second kappa shape index (κ2) is 5.01. The second-order valence-corrected chi connectivity index (χ2v) is 3.51. The molecule has 0 radical (unpaired) electrons. The number of hydrogen-bond acceptors (Lipinski definition) is 3. The topological polar surface area (TPSA) is 42.7 Å². The van der Waals surface area contributed by atoms with Gasteiger partial charge in [0.1, 0.15) is 5.69 Å². The van der Waals surface area contributed by atoms with Crippen molar-refractivity contribution in [3.05, 3.63) is 41.7 Å². The third kappa shape index (κ3) is 2.47. The van der Waals surface area contributed by atoms with Crippen molar-refractivity contribution in [2.75, 3.05) is 6.54 Å². The number of benzene rings is 1. The van der Waals surface area contributed by atoms with E-state index in [1.807, 2.05) is 6.92 Å². The predicted molar refractivity (Wildman–Crippen MR) is 58.7 cm³/mol. The third-order valence-electron chi connectivity index (χ3n) is 2.26. The molecule has 1 aromatic carbocycles. The summed E-state index contributed by atoms with van der Waals surface area (Å²) in [5.74, 6) is -1.32. The molecule has 0 saturated carbocycles. The summed E-state index contributed by atoms with van der Waals surface area (Å²) in [6.07, 6.45) is 1.50. The predicted octanol–water partition coefficient (Wildman–Crippen LogP) is 1.65. The molecular weight excluding hydrogens is 226 g/mol. The Labute approximate surface area is 97.3 Å². The zero-order valence-electron chi connectivity index (χ0n) is 9.32. The molecule has 0 aliphatic rings. The van der Waals surface area contributed by atoms with Crippen LogP contribution in [0.25, 0.3) is 5.69 Å². The quantitative estimate of drug-likeness (QED) is 0.880. The highest BCUT2D eigenvalue weighted by atomic mass is 19.1. The average Bonchev–Trinajstić information content (AvgIpc) is 2.75. The molecule has 0 fully saturated rings. The van der Waals surface area contributed by atoms with Crippen LogP contribution in [0, 0.1) is 11.6 Å². The highest BCUT2D eigenvalue weighted by molar-refractivity contribution is 5.34. The minimum atomic E-state index is -0.662. The summed E-state index contributed by atoms with van der Waals surface area (Å²) in [6, 6.07) is 3.68. The maximum Gasteiger partial charge on any atom is 0.151 e. The van der Waals surface area contributed by atoms with Crippen LogP contribution in [-0.4, -0.2) is 21.5 Å². The summed E-state index contributed by atoms with van der Waals surface area (Å²) in [5.41, 5.74) is 0.428. The van der Waals surface area contributed by atoms with E-state index in [9.17, 15) is 8.78 Å². The van der Waals surface area contributed by atoms with E-state index in [1.165, 1.54) is 24.4 Å². The van der Waals surface area contributed by atoms with Crippen molar-refractivity contribution < 1.29 is 8.78 Å². The minimum absolute atomic E-state index is 0.206. The molecule has 0 unspecified atom stereocenters. The van der Waals surface area contributed by atoms with Crippen LogP contribution < -0.4 is 5.32 Å². The first-order valence-electron chi connectivity index (χ1n) is 5.28. The van der Waals surface area contributed by atoms with Crippen molar-refractivity contribution in [2.45, 2.75) is 13.5 Å². The highest BCUT2D eigenvalue weighted by Crippen LogP contribution is 2.16. The van der Waals surface area contributed by atoms with Crippen LogP contribution in [0.5, 0.6) is 0 Å². The van der Waals surface area contributed by atoms with Crippen LogP contribution in [0.2, 0.25) is 0 Å². The van der Waals surface area contributed by atoms with Gasteiger partial charge in [0.2, 0.25) is 0 Å². The molecule has 4 nitrogen and oxygen atoms in total. The van der Waals surface area contributed by atoms with E-state index in [-0.39, 0.29) is 5.69 Å². The van der Waals surface area contributed by atoms with E-state index < -0.39 is 11.6 Å². The summed E-state index contributed by atoms with van der Waals surface area (Å²) < 4.78 is 28.0. The molecule has 17 heavy (non-hydrogen) atoms. The molecule has 0 spiro atoms. The maximum absolute atomic E-state index is 13.5. The molecule has 1 heterocycles. The lowest BCUT2D eigenvalue weighted by atomic mass is 10.3. The van der Waals surface area contributed by atoms with Gasteiger partial charge in [-0.15, -0.1) is 5.10 Å². The van der Waals surface area contributed by atoms with E-state index in [4.69, 9.17) is 0 Å². The van der Waals surface area contributed by atoms with Crippen LogP contribution in [0.1, 0.15) is 12.6 Å². The van der Waals surface area contributed by atoms with Gasteiger partial charge in [-0.05, 0) is 18.7 Å². The van der Waals surface area contributed by atoms with Gasteiger partial charge in [0.05, 0.1) is 11.9 Å². The fraction of sp³-hybridized carbons (Fsp3) is 0.273. The van der Waals surface area contributed by atoms with Crippen molar-refractivity contribution in [2.24, 2.45) is 0 Å². The van der Waals surface area contributed by atoms with Gasteiger partial charge in [0.25, 0.3) is 0 Å². The number of halogens is 2. The molecule has 2 aromatic rings. The van der Waals surface area contributed by atoms with Crippen molar-refractivity contribution in [1.82, 2.24) is 20.3 Å². The molecule has 1 N–H and O–H groups in total. The number of nitrogens with zero attached hydrogens (tertiary/aromatic N) is 3. The first-order chi connectivity index (χ1) is 8.22. The van der Waals surface area contributed by atoms with E-state index >= 15 is 0 Å². The standard InChI is InChI=1S/C11H12F2N4/c1-2-14-6-8-7-17(16-15-8)11-9(12)4-3-5-10(11)13/h3-5,7,14H,2,6H2,1H3. The summed E-state index contributed by atoms with van der Waals surface area (Å²) >= 11 is 0. The van der Waals surface area contributed by atoms with Crippen molar-refractivity contribution in [3.8, 4) is 5.69 Å². The van der Waals surface area contributed by atoms with E-state index in [0.29, 0.717) is 12.2 Å². The first kappa shape index (κ1) is 11.7. The molecule has 0 amide bonds. The van der Waals surface area contributed by atoms with Gasteiger partial charge < -0.3 is 5.32 Å². The Morgan fingerprint density at radius 2 is 2.00 bits per heavy atom. The summed E-state index contributed by atoms with van der Waals surface area (Å²) in [6.45, 7) is 3.27. The summed E-state index contributed by atoms with van der Waals surface area (Å²) in [7, 11) is 0. The smallest absolute Gasteiger partial charge is 0.151 e. The molecule has 2 rings (SSSR count). The van der Waals surface area contributed by atoms with E-state index in [0.717, 1.165) is 11.2 Å². The second-order valence-electron chi connectivity index (χ2n) is 3.51. The van der Waals surface area contributed by atoms with Gasteiger partial charge in [0.15, 0.2) is 11.6 Å². The average molecular weight is 238 g/mol. The maximum atomic E-state index is 13.5. The Morgan fingerprint density at radius 1 is 1.29 bits per heavy atom. The van der Waals surface area contributed by atoms with Gasteiger partial charge in [0, 0.05) is 6.54 Å². The zero-order chi connectivity index (χ0) is 12.3. The molecule has 0 saturated heterocycles. The third-order valence-corrected chi connectivity index (χ3v) is 2.26. The lowest BCUT2D eigenvalue weighted by Gasteiger charge is -2.02. The largest absolute Gasteiger partial charge is 0.311 e. The van der Waals surface area contributed by atoms with Crippen molar-refractivity contribution >= 4 is 0 Å². The fourth-order valence-corrected chi connectivity index (χ4v) is 1.45. The van der Waals surface area contributed by atoms with Crippen LogP contribution in [0.4, 0.5) is 8.78 Å². The van der Waals surface area contributed by atoms with Gasteiger partial charge >= 0.3 is 0 Å². The molecule has 6 heteroatoms. The molecule has 0 atom stereocenters. The lowest BCUT2D eigenvalue weighted by Crippen LogP contribution is -2.11. The van der Waals surface area contributed by atoms with Crippen LogP contribution in [0.3, 0.4) is 0 Å². The van der Waals surface area contributed by atoms with Gasteiger partial charge in [-0.1, -0.05) is 18.2 Å². The van der Waals surface area contributed by atoms with Crippen LogP contribution in [-0.2, 0) is 6.54 Å². The highest BCUT2D eigenvalue weighted by Gasteiger charge is 2.12. The Balaban J connectivity index is 2.30. The first-order valence-corrected chi connectivity index (χ1v) is 5.28. The molecule has 0 aliphatic heterocycles. The lowest BCUT2D eigenvalue weighted by molar-refractivity contribution is 0.556. The Bertz CT molecular complexity index is 490. The van der Waals surface area contributed by atoms with E-state index in [1.54, 1.807) is 0 Å². The fourth-order valence-electron chi connectivity index (χ4n) is 1.45. The summed E-state index contributed by atoms with van der Waals surface area (Å²) in [4.78, 5) is 0. The van der Waals surface area contributed by atoms with Gasteiger partial charge in [-0.2, -0.15) is 0 Å². The van der Waals surface area contributed by atoms with Crippen molar-refractivity contribution in [1.29, 1.82) is 0 Å². The SMILES string of the molecule is CCNCc1cn(-c2c(F)cccc2F)nn1. The Hall–Kier alpha value is -1.82. The van der Waals surface area contributed by atoms with Crippen LogP contribution in [0.15, 0.2) is 24.4 Å². The number of nitrogens with one attached hydrogen (secondary N) is 1. The molecule has 90 valence electrons. The normalized spacial score (nSPS) is 10.8. The number of para-hydroxylation sites is 1. The summed E-state index contributed by atoms with van der Waals surface area (Å²) in [5, 5.41) is 10.6. The number of hydrogen-bond donors (Lipinski definition) is 1. The molecule has 0 bridgehead atoms. The van der Waals surface area contributed by atoms with E-state index in [2.05, 4.69) is 15.6 Å². The zero-order valence-corrected chi connectivity index (χ0v) is 9.32. The van der Waals surface area contributed by atoms with Crippen LogP contribution >= 0.6 is 0 Å². The molecule has 1 aromatic heterocycles. The van der Waals surface area contributed by atoms with Crippen molar-refractivity contribution in [3.63, 3.8) is 0 Å². The number of aromatic nitrogens is 3. The Kier molecular flexibility index (Phi) is 3.43. The van der Waals surface area contributed by atoms with Gasteiger partial charge in [-0.25, -0.2) is 13.5 Å². The molecular formula is C11H12F2N4. The number of rotatable bonds is 4. The van der Waals surface area contributed by atoms with Gasteiger partial charge in [-0.3, -0.25) is 0 Å². The monoisotopic (exact) mass is 238 g/mol.